The summed E-state index contributed by atoms with van der Waals surface area (Å²) in [5.74, 6) is 0.631. The first-order valence-electron chi connectivity index (χ1n) is 11.1. The number of rotatable bonds is 8. The smallest absolute Gasteiger partial charge is 0.192 e. The maximum Gasteiger partial charge on any atom is 0.192 e. The highest BCUT2D eigenvalue weighted by Crippen LogP contribution is 2.39. The maximum absolute atomic E-state index is 9.04. The van der Waals surface area contributed by atoms with Gasteiger partial charge in [-0.2, -0.15) is 0 Å². The normalized spacial score (nSPS) is 17.4. The second-order valence-electron chi connectivity index (χ2n) is 11.6. The zero-order valence-corrected chi connectivity index (χ0v) is 27.3. The molecule has 0 bridgehead atoms. The summed E-state index contributed by atoms with van der Waals surface area (Å²) >= 11 is 6.79. The molecule has 4 atom stereocenters. The van der Waals surface area contributed by atoms with E-state index in [-0.39, 0.29) is 34.8 Å². The number of hydrogen-bond donors (Lipinski definition) is 1. The summed E-state index contributed by atoms with van der Waals surface area (Å²) in [4.78, 5) is 0. The summed E-state index contributed by atoms with van der Waals surface area (Å²) in [6.07, 6.45) is 2.55. The van der Waals surface area contributed by atoms with Crippen LogP contribution >= 0.6 is 31.9 Å². The van der Waals surface area contributed by atoms with Gasteiger partial charge in [0.15, 0.2) is 16.6 Å². The Kier molecular flexibility index (Phi) is 14.4. The lowest BCUT2D eigenvalue weighted by atomic mass is 10.1. The molecule has 0 aromatic carbocycles. The van der Waals surface area contributed by atoms with Crippen LogP contribution in [-0.4, -0.2) is 40.6 Å². The van der Waals surface area contributed by atoms with Crippen molar-refractivity contribution < 1.29 is 14.0 Å². The van der Waals surface area contributed by atoms with Crippen LogP contribution in [0.1, 0.15) is 69.2 Å². The minimum atomic E-state index is -1.66. The molecule has 0 rings (SSSR count). The first-order chi connectivity index (χ1) is 13.1. The van der Waals surface area contributed by atoms with E-state index in [4.69, 9.17) is 14.0 Å². The molecule has 0 aliphatic carbocycles. The first-order valence-corrected chi connectivity index (χ1v) is 18.5. The van der Waals surface area contributed by atoms with Crippen LogP contribution in [0.2, 0.25) is 36.3 Å². The molecule has 0 aliphatic rings. The SMILES string of the molecule is C[C@H](C=C(Br)Br)[C@H](C)O[Si](C)(C)C(C)(C)C.C[C@H](CO)[C@H](C)O[Si](C)(C)C(C)(C)C. The van der Waals surface area contributed by atoms with Crippen LogP contribution in [0, 0.1) is 11.8 Å². The van der Waals surface area contributed by atoms with Crippen molar-refractivity contribution in [1.29, 1.82) is 0 Å². The number of aliphatic hydroxyl groups excluding tert-OH is 1. The van der Waals surface area contributed by atoms with Crippen LogP contribution in [0.15, 0.2) is 9.47 Å². The first kappa shape index (κ1) is 33.2. The van der Waals surface area contributed by atoms with Crippen molar-refractivity contribution in [2.75, 3.05) is 6.61 Å². The molecule has 30 heavy (non-hydrogen) atoms. The summed E-state index contributed by atoms with van der Waals surface area (Å²) in [5, 5.41) is 9.56. The highest BCUT2D eigenvalue weighted by Gasteiger charge is 2.39. The van der Waals surface area contributed by atoms with Crippen LogP contribution in [-0.2, 0) is 8.85 Å². The molecule has 0 heterocycles. The van der Waals surface area contributed by atoms with Gasteiger partial charge >= 0.3 is 0 Å². The van der Waals surface area contributed by atoms with Crippen LogP contribution in [0.25, 0.3) is 0 Å². The van der Waals surface area contributed by atoms with Gasteiger partial charge in [0.2, 0.25) is 0 Å². The lowest BCUT2D eigenvalue weighted by molar-refractivity contribution is 0.0984. The Bertz CT molecular complexity index is 520. The summed E-state index contributed by atoms with van der Waals surface area (Å²) < 4.78 is 13.4. The zero-order chi connectivity index (χ0) is 24.7. The van der Waals surface area contributed by atoms with Gasteiger partial charge in [-0.1, -0.05) is 61.5 Å². The predicted octanol–water partition coefficient (Wildman–Crippen LogP) is 8.69. The van der Waals surface area contributed by atoms with E-state index < -0.39 is 16.6 Å². The molecule has 0 unspecified atom stereocenters. The molecule has 0 fully saturated rings. The van der Waals surface area contributed by atoms with Crippen LogP contribution in [0.5, 0.6) is 0 Å². The molecule has 0 amide bonds. The maximum atomic E-state index is 9.04. The molecule has 3 nitrogen and oxygen atoms in total. The number of aliphatic hydroxyl groups is 1. The molecule has 182 valence electrons. The Hall–Kier alpha value is 1.01. The highest BCUT2D eigenvalue weighted by molar-refractivity contribution is 9.28. The number of halogens is 2. The van der Waals surface area contributed by atoms with Crippen LogP contribution < -0.4 is 0 Å². The quantitative estimate of drug-likeness (QED) is 0.288. The Morgan fingerprint density at radius 2 is 1.13 bits per heavy atom. The fraction of sp³-hybridized carbons (Fsp3) is 0.913. The van der Waals surface area contributed by atoms with Crippen molar-refractivity contribution in [3.8, 4) is 0 Å². The van der Waals surface area contributed by atoms with Gasteiger partial charge in [0.05, 0.1) is 3.39 Å². The Labute approximate surface area is 207 Å². The van der Waals surface area contributed by atoms with Gasteiger partial charge in [-0.05, 0) is 82.0 Å². The molecule has 0 saturated carbocycles. The molecule has 0 aromatic heterocycles. The second-order valence-corrected chi connectivity index (χ2v) is 23.9. The standard InChI is InChI=1S/C12H24Br2OSi.C11H26O2Si/c1-9(8-11(13)14)10(2)15-16(6,7)12(3,4)5;1-9(8-12)10(2)13-14(6,7)11(3,4)5/h8-10H,1-7H3;9-10,12H,8H2,1-7H3/t2*9-,10+/m11/s1. The van der Waals surface area contributed by atoms with Gasteiger partial charge in [0, 0.05) is 30.7 Å². The molecular weight excluding hydrogens is 540 g/mol. The predicted molar refractivity (Wildman–Crippen MR) is 147 cm³/mol. The van der Waals surface area contributed by atoms with Crippen molar-refractivity contribution in [2.45, 2.75) is 118 Å². The lowest BCUT2D eigenvalue weighted by Gasteiger charge is -2.39. The monoisotopic (exact) mass is 588 g/mol. The lowest BCUT2D eigenvalue weighted by Crippen LogP contribution is -2.45. The molecular formula is C23H50Br2O3Si2. The summed E-state index contributed by atoms with van der Waals surface area (Å²) in [7, 11) is -3.30. The minimum Gasteiger partial charge on any atom is -0.414 e. The van der Waals surface area contributed by atoms with Gasteiger partial charge in [0.25, 0.3) is 0 Å². The van der Waals surface area contributed by atoms with Crippen molar-refractivity contribution in [1.82, 2.24) is 0 Å². The van der Waals surface area contributed by atoms with E-state index in [0.717, 1.165) is 3.39 Å². The minimum absolute atomic E-state index is 0.154. The topological polar surface area (TPSA) is 38.7 Å². The van der Waals surface area contributed by atoms with Gasteiger partial charge in [0.1, 0.15) is 0 Å². The molecule has 0 aromatic rings. The Morgan fingerprint density at radius 3 is 1.40 bits per heavy atom. The van der Waals surface area contributed by atoms with E-state index in [2.05, 4.69) is 126 Å². The third-order valence-corrected chi connectivity index (χ3v) is 16.5. The fourth-order valence-electron chi connectivity index (χ4n) is 1.99. The largest absolute Gasteiger partial charge is 0.414 e. The third-order valence-electron chi connectivity index (χ3n) is 6.79. The zero-order valence-electron chi connectivity index (χ0n) is 22.1. The summed E-state index contributed by atoms with van der Waals surface area (Å²) in [5.41, 5.74) is 0. The molecule has 0 spiro atoms. The average Bonchev–Trinajstić information content (AvgIpc) is 2.50. The van der Waals surface area contributed by atoms with E-state index in [1.165, 1.54) is 0 Å². The van der Waals surface area contributed by atoms with E-state index in [1.54, 1.807) is 0 Å². The average molecular weight is 591 g/mol. The van der Waals surface area contributed by atoms with E-state index in [0.29, 0.717) is 5.92 Å². The van der Waals surface area contributed by atoms with Crippen molar-refractivity contribution in [3.05, 3.63) is 9.47 Å². The molecule has 0 radical (unpaired) electrons. The van der Waals surface area contributed by atoms with Crippen molar-refractivity contribution in [3.63, 3.8) is 0 Å². The molecule has 0 saturated heterocycles. The Balaban J connectivity index is 0. The summed E-state index contributed by atoms with van der Waals surface area (Å²) in [6, 6.07) is 0. The molecule has 7 heteroatoms. The van der Waals surface area contributed by atoms with Crippen LogP contribution in [0.4, 0.5) is 0 Å². The van der Waals surface area contributed by atoms with Gasteiger partial charge in [-0.15, -0.1) is 0 Å². The van der Waals surface area contributed by atoms with E-state index >= 15 is 0 Å². The highest BCUT2D eigenvalue weighted by atomic mass is 79.9. The van der Waals surface area contributed by atoms with E-state index in [1.807, 2.05) is 6.92 Å². The van der Waals surface area contributed by atoms with Gasteiger partial charge in [-0.3, -0.25) is 0 Å². The van der Waals surface area contributed by atoms with Gasteiger partial charge in [-0.25, -0.2) is 0 Å². The molecule has 0 aliphatic heterocycles. The van der Waals surface area contributed by atoms with E-state index in [9.17, 15) is 0 Å². The van der Waals surface area contributed by atoms with Crippen LogP contribution in [0.3, 0.4) is 0 Å². The summed E-state index contributed by atoms with van der Waals surface area (Å²) in [6.45, 7) is 31.2. The van der Waals surface area contributed by atoms with Crippen molar-refractivity contribution in [2.24, 2.45) is 11.8 Å². The fourth-order valence-corrected chi connectivity index (χ4v) is 5.84. The molecule has 1 N–H and O–H groups in total. The number of hydrogen-bond acceptors (Lipinski definition) is 3. The third kappa shape index (κ3) is 12.3. The second kappa shape index (κ2) is 13.0. The van der Waals surface area contributed by atoms with Crippen molar-refractivity contribution >= 4 is 48.5 Å². The van der Waals surface area contributed by atoms with Gasteiger partial charge < -0.3 is 14.0 Å². The Morgan fingerprint density at radius 1 is 0.800 bits per heavy atom.